The second-order valence-electron chi connectivity index (χ2n) is 9.16. The molecule has 0 saturated heterocycles. The molecule has 0 amide bonds. The van der Waals surface area contributed by atoms with Gasteiger partial charge < -0.3 is 4.90 Å². The van der Waals surface area contributed by atoms with Crippen LogP contribution >= 0.6 is 34.4 Å². The molecule has 0 unspecified atom stereocenters. The van der Waals surface area contributed by atoms with Gasteiger partial charge in [0.05, 0.1) is 10.7 Å². The maximum atomic E-state index is 2.47. The number of aromatic nitrogens is 1. The lowest BCUT2D eigenvalue weighted by molar-refractivity contribution is -0.640. The van der Waals surface area contributed by atoms with E-state index in [-0.39, 0.29) is 0 Å². The molecule has 1 aliphatic rings. The zero-order chi connectivity index (χ0) is 24.9. The first-order valence-electron chi connectivity index (χ1n) is 12.5. The molecule has 0 radical (unpaired) electrons. The van der Waals surface area contributed by atoms with Crippen molar-refractivity contribution in [2.75, 3.05) is 11.4 Å². The highest BCUT2D eigenvalue weighted by molar-refractivity contribution is 8.03. The van der Waals surface area contributed by atoms with Crippen molar-refractivity contribution in [3.05, 3.63) is 113 Å². The van der Waals surface area contributed by atoms with Gasteiger partial charge in [0.25, 0.3) is 9.84 Å². The first-order chi connectivity index (χ1) is 18.2. The van der Waals surface area contributed by atoms with E-state index in [1.165, 1.54) is 62.1 Å². The van der Waals surface area contributed by atoms with Crippen molar-refractivity contribution >= 4 is 82.2 Å². The Hall–Kier alpha value is -3.38. The highest BCUT2D eigenvalue weighted by Crippen LogP contribution is 2.50. The van der Waals surface area contributed by atoms with Gasteiger partial charge in [0.1, 0.15) is 11.7 Å². The van der Waals surface area contributed by atoms with Crippen molar-refractivity contribution < 1.29 is 4.57 Å². The first-order valence-corrected chi connectivity index (χ1v) is 14.9. The molecule has 0 atom stereocenters. The van der Waals surface area contributed by atoms with Crippen molar-refractivity contribution in [2.24, 2.45) is 7.05 Å². The molecule has 0 bridgehead atoms. The summed E-state index contributed by atoms with van der Waals surface area (Å²) < 4.78 is 5.08. The molecule has 3 heterocycles. The number of fused-ring (bicyclic) bond motifs is 6. The van der Waals surface area contributed by atoms with E-state index < -0.39 is 0 Å². The summed E-state index contributed by atoms with van der Waals surface area (Å²) in [6.07, 6.45) is 4.74. The fourth-order valence-corrected chi connectivity index (χ4v) is 8.90. The second kappa shape index (κ2) is 9.18. The quantitative estimate of drug-likeness (QED) is 0.209. The predicted octanol–water partition coefficient (Wildman–Crippen LogP) is 9.11. The number of allylic oxidation sites excluding steroid dienone is 2. The Balaban J connectivity index is 1.39. The molecule has 0 fully saturated rings. The Morgan fingerprint density at radius 2 is 1.59 bits per heavy atom. The standard InChI is InChI=1S/C32H25N2S3/c1-3-34-29(35-27-18-17-22-13-7-8-14-24(22)30(27)34)20-23(21-11-5-4-6-12-21)19-28-33(2)32-31(37-28)25-15-9-10-16-26(25)36-32/h4-20H,3H2,1-2H3/q+1. The Kier molecular flexibility index (Phi) is 5.65. The summed E-state index contributed by atoms with van der Waals surface area (Å²) in [5.74, 6) is 0. The predicted molar refractivity (Wildman–Crippen MR) is 164 cm³/mol. The summed E-state index contributed by atoms with van der Waals surface area (Å²) >= 11 is 5.64. The van der Waals surface area contributed by atoms with E-state index in [2.05, 4.69) is 127 Å². The molecule has 37 heavy (non-hydrogen) atoms. The van der Waals surface area contributed by atoms with Crippen LogP contribution < -0.4 is 9.47 Å². The lowest BCUT2D eigenvalue weighted by Gasteiger charge is -2.20. The molecular weight excluding hydrogens is 509 g/mol. The molecule has 5 heteroatoms. The SMILES string of the molecule is CCN1C(=CC(=Cc2sc3c4ccccc4sc3[n+]2C)c2ccccc2)Sc2ccc3ccccc3c21. The summed E-state index contributed by atoms with van der Waals surface area (Å²) in [4.78, 5) is 5.13. The maximum absolute atomic E-state index is 2.47. The normalized spacial score (nSPS) is 14.9. The summed E-state index contributed by atoms with van der Waals surface area (Å²) in [5.41, 5.74) is 3.79. The number of hydrogen-bond donors (Lipinski definition) is 0. The number of thiazole rings is 1. The van der Waals surface area contributed by atoms with Crippen molar-refractivity contribution in [1.29, 1.82) is 0 Å². The minimum Gasteiger partial charge on any atom is -0.335 e. The Morgan fingerprint density at radius 1 is 0.838 bits per heavy atom. The second-order valence-corrected chi connectivity index (χ2v) is 12.3. The van der Waals surface area contributed by atoms with Crippen LogP contribution in [-0.2, 0) is 7.05 Å². The monoisotopic (exact) mass is 533 g/mol. The van der Waals surface area contributed by atoms with Crippen LogP contribution in [0.15, 0.2) is 107 Å². The van der Waals surface area contributed by atoms with Gasteiger partial charge in [-0.3, -0.25) is 0 Å². The molecule has 0 aliphatic carbocycles. The molecular formula is C32H25N2S3+. The largest absolute Gasteiger partial charge is 0.335 e. The van der Waals surface area contributed by atoms with Gasteiger partial charge in [0.15, 0.2) is 0 Å². The molecule has 0 spiro atoms. The van der Waals surface area contributed by atoms with E-state index in [4.69, 9.17) is 0 Å². The molecule has 1 aliphatic heterocycles. The third-order valence-electron chi connectivity index (χ3n) is 6.97. The number of thioether (sulfide) groups is 1. The van der Waals surface area contributed by atoms with Crippen molar-refractivity contribution in [2.45, 2.75) is 11.8 Å². The van der Waals surface area contributed by atoms with Crippen LogP contribution in [0.4, 0.5) is 5.69 Å². The summed E-state index contributed by atoms with van der Waals surface area (Å²) in [7, 11) is 2.19. The lowest BCUT2D eigenvalue weighted by atomic mass is 10.1. The highest BCUT2D eigenvalue weighted by atomic mass is 32.2. The van der Waals surface area contributed by atoms with Crippen molar-refractivity contribution in [1.82, 2.24) is 0 Å². The zero-order valence-corrected chi connectivity index (χ0v) is 23.1. The molecule has 2 aromatic heterocycles. The van der Waals surface area contributed by atoms with E-state index in [1.807, 2.05) is 34.4 Å². The zero-order valence-electron chi connectivity index (χ0n) is 20.6. The van der Waals surface area contributed by atoms with Crippen molar-refractivity contribution in [3.8, 4) is 0 Å². The number of benzene rings is 4. The van der Waals surface area contributed by atoms with Gasteiger partial charge in [0, 0.05) is 33.0 Å². The van der Waals surface area contributed by atoms with Crippen LogP contribution in [0.3, 0.4) is 0 Å². The van der Waals surface area contributed by atoms with Gasteiger partial charge in [-0.25, -0.2) is 0 Å². The topological polar surface area (TPSA) is 7.12 Å². The minimum absolute atomic E-state index is 0.927. The van der Waals surface area contributed by atoms with E-state index in [0.29, 0.717) is 0 Å². The van der Waals surface area contributed by atoms with Crippen LogP contribution in [0.25, 0.3) is 42.0 Å². The van der Waals surface area contributed by atoms with E-state index >= 15 is 0 Å². The van der Waals surface area contributed by atoms with E-state index in [1.54, 1.807) is 0 Å². The fourth-order valence-electron chi connectivity index (χ4n) is 5.13. The number of nitrogens with zero attached hydrogens (tertiary/aromatic N) is 2. The van der Waals surface area contributed by atoms with E-state index in [0.717, 1.165) is 6.54 Å². The molecule has 7 rings (SSSR count). The minimum atomic E-state index is 0.927. The average Bonchev–Trinajstić information content (AvgIpc) is 3.59. The summed E-state index contributed by atoms with van der Waals surface area (Å²) in [5, 5.41) is 6.50. The average molecular weight is 534 g/mol. The van der Waals surface area contributed by atoms with E-state index in [9.17, 15) is 0 Å². The Morgan fingerprint density at radius 3 is 2.43 bits per heavy atom. The molecule has 0 saturated carbocycles. The van der Waals surface area contributed by atoms with Crippen LogP contribution in [0.2, 0.25) is 0 Å². The molecule has 6 aromatic rings. The van der Waals surface area contributed by atoms with Gasteiger partial charge >= 0.3 is 0 Å². The van der Waals surface area contributed by atoms with Crippen LogP contribution in [0.1, 0.15) is 17.5 Å². The van der Waals surface area contributed by atoms with Gasteiger partial charge in [-0.15, -0.1) is 0 Å². The van der Waals surface area contributed by atoms with Gasteiger partial charge in [-0.2, -0.15) is 4.57 Å². The summed E-state index contributed by atoms with van der Waals surface area (Å²) in [6.45, 7) is 3.17. The van der Waals surface area contributed by atoms with Crippen LogP contribution in [-0.4, -0.2) is 6.54 Å². The van der Waals surface area contributed by atoms with Crippen molar-refractivity contribution in [3.63, 3.8) is 0 Å². The number of aryl methyl sites for hydroxylation is 1. The van der Waals surface area contributed by atoms with Crippen LogP contribution in [0.5, 0.6) is 0 Å². The van der Waals surface area contributed by atoms with Gasteiger partial charge in [-0.05, 0) is 41.7 Å². The molecule has 2 nitrogen and oxygen atoms in total. The number of rotatable bonds is 4. The van der Waals surface area contributed by atoms with Gasteiger partial charge in [0.2, 0.25) is 0 Å². The smallest absolute Gasteiger partial charge is 0.281 e. The highest BCUT2D eigenvalue weighted by Gasteiger charge is 2.27. The first kappa shape index (κ1) is 22.8. The third-order valence-corrected chi connectivity index (χ3v) is 10.7. The van der Waals surface area contributed by atoms with Crippen LogP contribution in [0, 0.1) is 0 Å². The molecule has 180 valence electrons. The number of hydrogen-bond acceptors (Lipinski definition) is 4. The third kappa shape index (κ3) is 3.81. The number of anilines is 1. The number of thiophene rings is 1. The molecule has 4 aromatic carbocycles. The van der Waals surface area contributed by atoms with Gasteiger partial charge in [-0.1, -0.05) is 113 Å². The summed E-state index contributed by atoms with van der Waals surface area (Å²) in [6, 6.07) is 32.7. The Bertz CT molecular complexity index is 1860. The Labute approximate surface area is 228 Å². The molecule has 0 N–H and O–H groups in total. The fraction of sp³-hybridized carbons (Fsp3) is 0.0938. The lowest BCUT2D eigenvalue weighted by Crippen LogP contribution is -2.28. The maximum Gasteiger partial charge on any atom is 0.281 e.